The number of benzene rings is 2. The van der Waals surface area contributed by atoms with Crippen molar-refractivity contribution in [1.29, 1.82) is 0 Å². The SMILES string of the molecule is Cc1nc(C)c(N2C(=O)CC(Sc3ccc4ccccc4c3)C2=O)s1. The van der Waals surface area contributed by atoms with Gasteiger partial charge in [-0.25, -0.2) is 9.88 Å². The van der Waals surface area contributed by atoms with Gasteiger partial charge in [-0.05, 0) is 36.8 Å². The highest BCUT2D eigenvalue weighted by molar-refractivity contribution is 8.00. The zero-order valence-corrected chi connectivity index (χ0v) is 15.5. The van der Waals surface area contributed by atoms with Gasteiger partial charge in [0.25, 0.3) is 0 Å². The molecule has 0 N–H and O–H groups in total. The van der Waals surface area contributed by atoms with Crippen LogP contribution in [0.2, 0.25) is 0 Å². The van der Waals surface area contributed by atoms with Crippen molar-refractivity contribution in [3.63, 3.8) is 0 Å². The molecule has 1 fully saturated rings. The van der Waals surface area contributed by atoms with Crippen molar-refractivity contribution in [2.24, 2.45) is 0 Å². The number of nitrogens with zero attached hydrogens (tertiary/aromatic N) is 2. The lowest BCUT2D eigenvalue weighted by molar-refractivity contribution is -0.121. The fourth-order valence-electron chi connectivity index (χ4n) is 3.04. The fraction of sp³-hybridized carbons (Fsp3) is 0.211. The Balaban J connectivity index is 1.60. The van der Waals surface area contributed by atoms with E-state index in [1.54, 1.807) is 0 Å². The molecule has 0 bridgehead atoms. The second-order valence-corrected chi connectivity index (χ2v) is 8.47. The standard InChI is InChI=1S/C19H16N2O2S2/c1-11-19(24-12(2)20-11)21-17(22)10-16(18(21)23)25-15-8-7-13-5-3-4-6-14(13)9-15/h3-9,16H,10H2,1-2H3. The Morgan fingerprint density at radius 1 is 1.12 bits per heavy atom. The zero-order chi connectivity index (χ0) is 17.6. The zero-order valence-electron chi connectivity index (χ0n) is 13.9. The van der Waals surface area contributed by atoms with Gasteiger partial charge in [0.1, 0.15) is 5.00 Å². The summed E-state index contributed by atoms with van der Waals surface area (Å²) in [6.07, 6.45) is 0.229. The number of fused-ring (bicyclic) bond motifs is 1. The molecule has 1 atom stereocenters. The maximum Gasteiger partial charge on any atom is 0.248 e. The van der Waals surface area contributed by atoms with Crippen LogP contribution in [0.5, 0.6) is 0 Å². The smallest absolute Gasteiger partial charge is 0.248 e. The van der Waals surface area contributed by atoms with Crippen molar-refractivity contribution in [3.05, 3.63) is 53.2 Å². The van der Waals surface area contributed by atoms with E-state index in [2.05, 4.69) is 23.2 Å². The van der Waals surface area contributed by atoms with Gasteiger partial charge in [-0.1, -0.05) is 30.3 Å². The number of hydrogen-bond donors (Lipinski definition) is 0. The number of carbonyl (C=O) groups excluding carboxylic acids is 2. The van der Waals surface area contributed by atoms with Crippen molar-refractivity contribution in [3.8, 4) is 0 Å². The third kappa shape index (κ3) is 2.96. The summed E-state index contributed by atoms with van der Waals surface area (Å²) in [4.78, 5) is 31.9. The van der Waals surface area contributed by atoms with Gasteiger partial charge in [0.05, 0.1) is 16.0 Å². The number of carbonyl (C=O) groups is 2. The molecule has 3 aromatic rings. The molecule has 0 aliphatic carbocycles. The van der Waals surface area contributed by atoms with E-state index in [-0.39, 0.29) is 23.5 Å². The predicted octanol–water partition coefficient (Wildman–Crippen LogP) is 4.34. The molecule has 1 saturated heterocycles. The van der Waals surface area contributed by atoms with E-state index in [0.29, 0.717) is 5.00 Å². The number of amides is 2. The molecule has 25 heavy (non-hydrogen) atoms. The van der Waals surface area contributed by atoms with E-state index in [1.807, 2.05) is 38.1 Å². The van der Waals surface area contributed by atoms with Crippen molar-refractivity contribution >= 4 is 50.7 Å². The number of aromatic nitrogens is 1. The molecule has 1 aliphatic heterocycles. The summed E-state index contributed by atoms with van der Waals surface area (Å²) in [6, 6.07) is 14.2. The van der Waals surface area contributed by atoms with Gasteiger partial charge >= 0.3 is 0 Å². The van der Waals surface area contributed by atoms with Gasteiger partial charge in [0, 0.05) is 11.3 Å². The monoisotopic (exact) mass is 368 g/mol. The van der Waals surface area contributed by atoms with Crippen molar-refractivity contribution in [2.45, 2.75) is 30.4 Å². The Morgan fingerprint density at radius 3 is 2.60 bits per heavy atom. The number of thiazole rings is 1. The number of aryl methyl sites for hydroxylation is 2. The van der Waals surface area contributed by atoms with Crippen LogP contribution in [0.15, 0.2) is 47.4 Å². The summed E-state index contributed by atoms with van der Waals surface area (Å²) in [5.74, 6) is -0.287. The highest BCUT2D eigenvalue weighted by Crippen LogP contribution is 2.38. The summed E-state index contributed by atoms with van der Waals surface area (Å²) in [5, 5.41) is 3.44. The predicted molar refractivity (Wildman–Crippen MR) is 102 cm³/mol. The molecular formula is C19H16N2O2S2. The van der Waals surface area contributed by atoms with E-state index in [1.165, 1.54) is 28.0 Å². The maximum absolute atomic E-state index is 12.8. The van der Waals surface area contributed by atoms with Crippen molar-refractivity contribution in [2.75, 3.05) is 4.90 Å². The molecule has 4 rings (SSSR count). The van der Waals surface area contributed by atoms with Gasteiger partial charge in [-0.15, -0.1) is 23.1 Å². The van der Waals surface area contributed by atoms with Crippen LogP contribution in [0.3, 0.4) is 0 Å². The van der Waals surface area contributed by atoms with Gasteiger partial charge in [0.2, 0.25) is 11.8 Å². The van der Waals surface area contributed by atoms with Gasteiger partial charge in [-0.2, -0.15) is 0 Å². The van der Waals surface area contributed by atoms with E-state index in [9.17, 15) is 9.59 Å². The highest BCUT2D eigenvalue weighted by Gasteiger charge is 2.41. The van der Waals surface area contributed by atoms with Crippen LogP contribution >= 0.6 is 23.1 Å². The van der Waals surface area contributed by atoms with E-state index in [4.69, 9.17) is 0 Å². The third-order valence-electron chi connectivity index (χ3n) is 4.19. The number of rotatable bonds is 3. The van der Waals surface area contributed by atoms with E-state index >= 15 is 0 Å². The van der Waals surface area contributed by atoms with Crippen molar-refractivity contribution in [1.82, 2.24) is 4.98 Å². The van der Waals surface area contributed by atoms with Crippen LogP contribution in [0.25, 0.3) is 10.8 Å². The summed E-state index contributed by atoms with van der Waals surface area (Å²) in [5.41, 5.74) is 0.737. The quantitative estimate of drug-likeness (QED) is 0.646. The molecule has 126 valence electrons. The first-order chi connectivity index (χ1) is 12.0. The van der Waals surface area contributed by atoms with Crippen LogP contribution in [0, 0.1) is 13.8 Å². The molecule has 1 aliphatic rings. The van der Waals surface area contributed by atoms with E-state index in [0.717, 1.165) is 26.4 Å². The molecule has 6 heteroatoms. The summed E-state index contributed by atoms with van der Waals surface area (Å²) in [6.45, 7) is 3.72. The summed E-state index contributed by atoms with van der Waals surface area (Å²) in [7, 11) is 0. The Morgan fingerprint density at radius 2 is 1.88 bits per heavy atom. The lowest BCUT2D eigenvalue weighted by atomic mass is 10.1. The second-order valence-electron chi connectivity index (χ2n) is 6.01. The minimum Gasteiger partial charge on any atom is -0.274 e. The maximum atomic E-state index is 12.8. The number of hydrogen-bond acceptors (Lipinski definition) is 5. The molecule has 2 aromatic carbocycles. The molecular weight excluding hydrogens is 352 g/mol. The Labute approximate surface area is 153 Å². The molecule has 2 amide bonds. The van der Waals surface area contributed by atoms with Crippen LogP contribution in [-0.4, -0.2) is 22.0 Å². The summed E-state index contributed by atoms with van der Waals surface area (Å²) >= 11 is 2.85. The number of anilines is 1. The molecule has 0 radical (unpaired) electrons. The molecule has 2 heterocycles. The van der Waals surface area contributed by atoms with Crippen LogP contribution in [-0.2, 0) is 9.59 Å². The lowest BCUT2D eigenvalue weighted by Crippen LogP contribution is -2.30. The average molecular weight is 368 g/mol. The Bertz CT molecular complexity index is 996. The van der Waals surface area contributed by atoms with E-state index < -0.39 is 0 Å². The third-order valence-corrected chi connectivity index (χ3v) is 6.42. The summed E-state index contributed by atoms with van der Waals surface area (Å²) < 4.78 is 0. The minimum absolute atomic E-state index is 0.143. The van der Waals surface area contributed by atoms with Gasteiger partial charge in [-0.3, -0.25) is 9.59 Å². The highest BCUT2D eigenvalue weighted by atomic mass is 32.2. The van der Waals surface area contributed by atoms with Crippen LogP contribution in [0.1, 0.15) is 17.1 Å². The first-order valence-electron chi connectivity index (χ1n) is 7.99. The lowest BCUT2D eigenvalue weighted by Gasteiger charge is -2.13. The Kier molecular flexibility index (Phi) is 4.09. The molecule has 0 saturated carbocycles. The molecule has 1 unspecified atom stereocenters. The second kappa shape index (κ2) is 6.28. The first kappa shape index (κ1) is 16.3. The topological polar surface area (TPSA) is 50.3 Å². The van der Waals surface area contributed by atoms with Crippen LogP contribution < -0.4 is 4.90 Å². The Hall–Kier alpha value is -2.18. The van der Waals surface area contributed by atoms with Gasteiger partial charge in [0.15, 0.2) is 0 Å². The minimum atomic E-state index is -0.379. The first-order valence-corrected chi connectivity index (χ1v) is 9.69. The average Bonchev–Trinajstić information content (AvgIpc) is 3.05. The fourth-order valence-corrected chi connectivity index (χ4v) is 5.08. The molecule has 4 nitrogen and oxygen atoms in total. The van der Waals surface area contributed by atoms with Crippen molar-refractivity contribution < 1.29 is 9.59 Å². The van der Waals surface area contributed by atoms with Crippen LogP contribution in [0.4, 0.5) is 5.00 Å². The van der Waals surface area contributed by atoms with Gasteiger partial charge < -0.3 is 0 Å². The normalized spacial score (nSPS) is 17.7. The largest absolute Gasteiger partial charge is 0.274 e. The molecule has 0 spiro atoms. The molecule has 1 aromatic heterocycles. The number of imide groups is 1. The number of thioether (sulfide) groups is 1.